The number of hydrogen-bond acceptors (Lipinski definition) is 5. The Kier molecular flexibility index (Phi) is 6.63. The Bertz CT molecular complexity index is 975. The first-order valence-corrected chi connectivity index (χ1v) is 11.3. The van der Waals surface area contributed by atoms with Crippen LogP contribution in [0.5, 0.6) is 11.5 Å². The molecule has 4 rings (SSSR count). The van der Waals surface area contributed by atoms with Gasteiger partial charge in [0.05, 0.1) is 25.8 Å². The fourth-order valence-electron chi connectivity index (χ4n) is 4.82. The maximum atomic E-state index is 14.6. The van der Waals surface area contributed by atoms with E-state index in [0.717, 1.165) is 18.5 Å². The molecule has 2 aromatic carbocycles. The first-order chi connectivity index (χ1) is 15.7. The lowest BCUT2D eigenvalue weighted by Crippen LogP contribution is -2.38. The molecule has 2 aromatic rings. The lowest BCUT2D eigenvalue weighted by atomic mass is 10.0. The molecule has 0 spiro atoms. The summed E-state index contributed by atoms with van der Waals surface area (Å²) in [5.74, 6) is 0.143. The van der Waals surface area contributed by atoms with Crippen LogP contribution in [0.25, 0.3) is 0 Å². The third kappa shape index (κ3) is 5.49. The van der Waals surface area contributed by atoms with Crippen molar-refractivity contribution in [3.05, 3.63) is 48.3 Å². The first kappa shape index (κ1) is 23.1. The predicted octanol–water partition coefficient (Wildman–Crippen LogP) is 4.66. The fraction of sp³-hybridized carbons (Fsp3) is 0.480. The van der Waals surface area contributed by atoms with Crippen molar-refractivity contribution in [2.24, 2.45) is 0 Å². The number of halogens is 2. The number of hydrogen-bond donors (Lipinski definition) is 1. The maximum Gasteiger partial charge on any atom is 0.305 e. The number of nitrogens with zero attached hydrogens (tertiary/aromatic N) is 2. The molecule has 2 saturated heterocycles. The van der Waals surface area contributed by atoms with Crippen molar-refractivity contribution in [1.29, 1.82) is 0 Å². The van der Waals surface area contributed by atoms with Gasteiger partial charge in [0.15, 0.2) is 0 Å². The summed E-state index contributed by atoms with van der Waals surface area (Å²) in [6, 6.07) is 11.8. The van der Waals surface area contributed by atoms with Gasteiger partial charge in [-0.3, -0.25) is 4.79 Å². The van der Waals surface area contributed by atoms with Gasteiger partial charge < -0.3 is 24.4 Å². The molecule has 0 saturated carbocycles. The van der Waals surface area contributed by atoms with E-state index in [9.17, 15) is 13.6 Å². The van der Waals surface area contributed by atoms with Crippen LogP contribution in [0, 0.1) is 5.82 Å². The summed E-state index contributed by atoms with van der Waals surface area (Å²) in [6.07, 6.45) is 1.63. The SMILES string of the molecule is COc1ccc(F)c(N2CCC(Oc3ccc(N4CC(C)(F)C[C@@H]4CC(=O)O)cc3)CC2)c1. The zero-order valence-electron chi connectivity index (χ0n) is 19.0. The average molecular weight is 461 g/mol. The highest BCUT2D eigenvalue weighted by Crippen LogP contribution is 2.36. The monoisotopic (exact) mass is 460 g/mol. The molecule has 2 aliphatic rings. The number of alkyl halides is 1. The van der Waals surface area contributed by atoms with Gasteiger partial charge >= 0.3 is 5.97 Å². The summed E-state index contributed by atoms with van der Waals surface area (Å²) in [5, 5.41) is 9.17. The van der Waals surface area contributed by atoms with Crippen molar-refractivity contribution in [3.8, 4) is 11.5 Å². The molecule has 178 valence electrons. The summed E-state index contributed by atoms with van der Waals surface area (Å²) in [7, 11) is 1.56. The lowest BCUT2D eigenvalue weighted by molar-refractivity contribution is -0.137. The smallest absolute Gasteiger partial charge is 0.305 e. The van der Waals surface area contributed by atoms with Crippen LogP contribution < -0.4 is 19.3 Å². The van der Waals surface area contributed by atoms with Gasteiger partial charge in [-0.25, -0.2) is 8.78 Å². The Morgan fingerprint density at radius 3 is 2.45 bits per heavy atom. The highest BCUT2D eigenvalue weighted by atomic mass is 19.1. The first-order valence-electron chi connectivity index (χ1n) is 11.3. The minimum atomic E-state index is -1.41. The number of methoxy groups -OCH3 is 1. The topological polar surface area (TPSA) is 62.2 Å². The predicted molar refractivity (Wildman–Crippen MR) is 123 cm³/mol. The van der Waals surface area contributed by atoms with Gasteiger partial charge in [-0.15, -0.1) is 0 Å². The third-order valence-corrected chi connectivity index (χ3v) is 6.42. The van der Waals surface area contributed by atoms with Crippen LogP contribution in [-0.2, 0) is 4.79 Å². The molecular weight excluding hydrogens is 430 g/mol. The van der Waals surface area contributed by atoms with Gasteiger partial charge in [0.1, 0.15) is 29.1 Å². The minimum Gasteiger partial charge on any atom is -0.497 e. The van der Waals surface area contributed by atoms with E-state index in [0.29, 0.717) is 30.3 Å². The molecule has 0 radical (unpaired) electrons. The summed E-state index contributed by atoms with van der Waals surface area (Å²) in [4.78, 5) is 15.0. The zero-order chi connectivity index (χ0) is 23.6. The van der Waals surface area contributed by atoms with E-state index in [-0.39, 0.29) is 37.3 Å². The number of carboxylic acid groups (broad SMARTS) is 1. The summed E-state index contributed by atoms with van der Waals surface area (Å²) in [5.41, 5.74) is -0.0808. The van der Waals surface area contributed by atoms with Crippen LogP contribution in [0.3, 0.4) is 0 Å². The zero-order valence-corrected chi connectivity index (χ0v) is 19.0. The molecule has 2 aliphatic heterocycles. The van der Waals surface area contributed by atoms with Crippen LogP contribution in [0.15, 0.2) is 42.5 Å². The molecule has 0 amide bonds. The molecule has 2 atom stereocenters. The molecular formula is C25H30F2N2O4. The summed E-state index contributed by atoms with van der Waals surface area (Å²) >= 11 is 0. The number of aliphatic carboxylic acids is 1. The molecule has 2 heterocycles. The van der Waals surface area contributed by atoms with Gasteiger partial charge in [0, 0.05) is 50.1 Å². The second kappa shape index (κ2) is 9.45. The van der Waals surface area contributed by atoms with Crippen LogP contribution in [0.1, 0.15) is 32.6 Å². The number of anilines is 2. The Morgan fingerprint density at radius 2 is 1.82 bits per heavy atom. The Balaban J connectivity index is 1.35. The second-order valence-corrected chi connectivity index (χ2v) is 9.11. The number of carboxylic acids is 1. The number of carbonyl (C=O) groups is 1. The molecule has 1 N–H and O–H groups in total. The van der Waals surface area contributed by atoms with E-state index >= 15 is 0 Å². The molecule has 0 aliphatic carbocycles. The van der Waals surface area contributed by atoms with E-state index in [1.807, 2.05) is 34.1 Å². The third-order valence-electron chi connectivity index (χ3n) is 6.42. The van der Waals surface area contributed by atoms with Crippen LogP contribution >= 0.6 is 0 Å². The van der Waals surface area contributed by atoms with E-state index in [1.54, 1.807) is 19.2 Å². The number of ether oxygens (including phenoxy) is 2. The summed E-state index contributed by atoms with van der Waals surface area (Å²) in [6.45, 7) is 3.03. The van der Waals surface area contributed by atoms with Crippen molar-refractivity contribution in [2.75, 3.05) is 36.5 Å². The van der Waals surface area contributed by atoms with Gasteiger partial charge in [0.2, 0.25) is 0 Å². The van der Waals surface area contributed by atoms with Crippen molar-refractivity contribution in [3.63, 3.8) is 0 Å². The van der Waals surface area contributed by atoms with Gasteiger partial charge in [-0.2, -0.15) is 0 Å². The normalized spacial score (nSPS) is 23.6. The highest BCUT2D eigenvalue weighted by molar-refractivity contribution is 5.69. The van der Waals surface area contributed by atoms with Crippen molar-refractivity contribution >= 4 is 17.3 Å². The van der Waals surface area contributed by atoms with Crippen molar-refractivity contribution < 1.29 is 28.2 Å². The van der Waals surface area contributed by atoms with Crippen LogP contribution in [-0.4, -0.2) is 55.6 Å². The van der Waals surface area contributed by atoms with E-state index in [2.05, 4.69) is 0 Å². The lowest BCUT2D eigenvalue weighted by Gasteiger charge is -2.34. The van der Waals surface area contributed by atoms with E-state index in [1.165, 1.54) is 13.0 Å². The Labute approximate surface area is 192 Å². The molecule has 33 heavy (non-hydrogen) atoms. The molecule has 8 heteroatoms. The fourth-order valence-corrected chi connectivity index (χ4v) is 4.82. The van der Waals surface area contributed by atoms with Gasteiger partial charge in [0.25, 0.3) is 0 Å². The standard InChI is InChI=1S/C25H30F2N2O4/c1-25(27)15-18(13-24(30)31)29(16-25)17-3-5-19(6-4-17)33-20-9-11-28(12-10-20)23-14-21(32-2)7-8-22(23)26/h3-8,14,18,20H,9-13,15-16H2,1-2H3,(H,30,31)/t18-,25?/m0/s1. The largest absolute Gasteiger partial charge is 0.497 e. The number of benzene rings is 2. The quantitative estimate of drug-likeness (QED) is 0.648. The molecule has 0 aromatic heterocycles. The molecule has 2 fully saturated rings. The Morgan fingerprint density at radius 1 is 1.15 bits per heavy atom. The van der Waals surface area contributed by atoms with E-state index in [4.69, 9.17) is 14.6 Å². The number of rotatable bonds is 7. The average Bonchev–Trinajstić information content (AvgIpc) is 3.08. The van der Waals surface area contributed by atoms with E-state index < -0.39 is 11.6 Å². The minimum absolute atomic E-state index is 0.0152. The van der Waals surface area contributed by atoms with Crippen molar-refractivity contribution in [2.45, 2.75) is 50.4 Å². The maximum absolute atomic E-state index is 14.6. The van der Waals surface area contributed by atoms with Crippen molar-refractivity contribution in [1.82, 2.24) is 0 Å². The molecule has 0 bridgehead atoms. The van der Waals surface area contributed by atoms with Crippen LogP contribution in [0.2, 0.25) is 0 Å². The molecule has 6 nitrogen and oxygen atoms in total. The Hall–Kier alpha value is -3.03. The number of piperidine rings is 1. The highest BCUT2D eigenvalue weighted by Gasteiger charge is 2.41. The second-order valence-electron chi connectivity index (χ2n) is 9.11. The van der Waals surface area contributed by atoms with Gasteiger partial charge in [-0.1, -0.05) is 0 Å². The van der Waals surface area contributed by atoms with Crippen LogP contribution in [0.4, 0.5) is 20.2 Å². The van der Waals surface area contributed by atoms with Gasteiger partial charge in [-0.05, 0) is 43.3 Å². The summed E-state index contributed by atoms with van der Waals surface area (Å²) < 4.78 is 40.2. The molecule has 1 unspecified atom stereocenters.